The number of ether oxygens (including phenoxy) is 6. The van der Waals surface area contributed by atoms with Gasteiger partial charge in [-0.1, -0.05) is 64.2 Å². The van der Waals surface area contributed by atoms with Crippen LogP contribution in [0.5, 0.6) is 0 Å². The molecule has 69 heavy (non-hydrogen) atoms. The summed E-state index contributed by atoms with van der Waals surface area (Å²) < 4.78 is 35.5. The second-order valence-corrected chi connectivity index (χ2v) is 20.0. The van der Waals surface area contributed by atoms with Gasteiger partial charge in [-0.3, -0.25) is 19.2 Å². The van der Waals surface area contributed by atoms with Gasteiger partial charge >= 0.3 is 5.97 Å². The Morgan fingerprint density at radius 3 is 2.29 bits per heavy atom. The number of Topliss-reactive ketones (excluding diaryl/α,β-unsaturated/α-hetero) is 3. The molecule has 0 aromatic rings. The molecule has 1 aliphatic carbocycles. The van der Waals surface area contributed by atoms with E-state index < -0.39 is 77.9 Å². The van der Waals surface area contributed by atoms with E-state index in [-0.39, 0.29) is 93.4 Å². The van der Waals surface area contributed by atoms with Crippen molar-refractivity contribution in [2.45, 2.75) is 186 Å². The molecule has 4 aliphatic rings. The zero-order chi connectivity index (χ0) is 51.0. The molecular weight excluding hydrogens is 891 g/mol. The van der Waals surface area contributed by atoms with E-state index in [1.54, 1.807) is 34.0 Å². The van der Waals surface area contributed by atoms with E-state index in [4.69, 9.17) is 28.4 Å². The Labute approximate surface area is 409 Å². The molecule has 3 aliphatic heterocycles. The Hall–Kier alpha value is -3.45. The second-order valence-electron chi connectivity index (χ2n) is 20.0. The Bertz CT molecular complexity index is 1830. The van der Waals surface area contributed by atoms with Gasteiger partial charge in [0, 0.05) is 52.0 Å². The summed E-state index contributed by atoms with van der Waals surface area (Å²) in [6.45, 7) is 13.2. The number of ketones is 3. The average Bonchev–Trinajstić information content (AvgIpc) is 3.33. The van der Waals surface area contributed by atoms with E-state index >= 15 is 0 Å². The molecule has 1 saturated carbocycles. The predicted octanol–water partition coefficient (Wildman–Crippen LogP) is 5.31. The van der Waals surface area contributed by atoms with Crippen molar-refractivity contribution in [2.75, 3.05) is 40.6 Å². The first-order valence-corrected chi connectivity index (χ1v) is 25.3. The van der Waals surface area contributed by atoms with Crippen molar-refractivity contribution in [1.29, 1.82) is 0 Å². The Balaban J connectivity index is 1.71. The van der Waals surface area contributed by atoms with Gasteiger partial charge in [-0.05, 0) is 114 Å². The number of amides is 1. The van der Waals surface area contributed by atoms with E-state index in [2.05, 4.69) is 0 Å². The van der Waals surface area contributed by atoms with Gasteiger partial charge in [-0.2, -0.15) is 0 Å². The van der Waals surface area contributed by atoms with Gasteiger partial charge in [0.15, 0.2) is 5.78 Å². The first-order chi connectivity index (χ1) is 32.8. The molecule has 2 saturated heterocycles. The molecule has 4 N–H and O–H groups in total. The smallest absolute Gasteiger partial charge is 0.329 e. The third-order valence-electron chi connectivity index (χ3n) is 14.6. The summed E-state index contributed by atoms with van der Waals surface area (Å²) >= 11 is 0. The number of carbonyl (C=O) groups excluding carboxylic acids is 5. The van der Waals surface area contributed by atoms with Gasteiger partial charge in [0.2, 0.25) is 0 Å². The van der Waals surface area contributed by atoms with Crippen LogP contribution in [-0.4, -0.2) is 156 Å². The molecule has 2 bridgehead atoms. The number of rotatable bonds is 10. The summed E-state index contributed by atoms with van der Waals surface area (Å²) in [7, 11) is 2.99. The SMILES string of the molecule is CCO[C@H]1C[C@@H]2CC[C@@H](O)[C@@](O)(O2)C(=O)C(=O)N2CCCC[C@H]2C(=O)O[C@@H]([C@H](C)C[C@@H]2CC[C@@H](OCCO)[C@H](OC)C2)CC(=O)[C@H](C)C=C(C)[C@@H](O)[C@@H](OC)C(=O)[C@H](C)C[C@@H](C)C=CC=CC=C1C. The fourth-order valence-electron chi connectivity index (χ4n) is 10.4. The molecule has 3 heterocycles. The van der Waals surface area contributed by atoms with Crippen LogP contribution < -0.4 is 0 Å². The van der Waals surface area contributed by atoms with Crippen molar-refractivity contribution in [3.8, 4) is 0 Å². The lowest BCUT2D eigenvalue weighted by molar-refractivity contribution is -0.283. The molecule has 0 aromatic carbocycles. The van der Waals surface area contributed by atoms with Crippen molar-refractivity contribution in [2.24, 2.45) is 29.6 Å². The topological polar surface area (TPSA) is 225 Å². The molecule has 1 amide bonds. The van der Waals surface area contributed by atoms with Crippen LogP contribution in [-0.2, 0) is 52.4 Å². The van der Waals surface area contributed by atoms with Crippen molar-refractivity contribution >= 4 is 29.2 Å². The van der Waals surface area contributed by atoms with Crippen molar-refractivity contribution in [3.63, 3.8) is 0 Å². The number of nitrogens with zero attached hydrogens (tertiary/aromatic N) is 1. The van der Waals surface area contributed by atoms with E-state index in [0.717, 1.165) is 16.9 Å². The van der Waals surface area contributed by atoms with Gasteiger partial charge in [-0.25, -0.2) is 4.79 Å². The average molecular weight is 974 g/mol. The van der Waals surface area contributed by atoms with E-state index in [9.17, 15) is 44.4 Å². The molecule has 0 unspecified atom stereocenters. The number of carbonyl (C=O) groups is 5. The molecule has 3 fully saturated rings. The highest BCUT2D eigenvalue weighted by atomic mass is 16.7. The number of methoxy groups -OCH3 is 2. The second kappa shape index (κ2) is 28.0. The van der Waals surface area contributed by atoms with Gasteiger partial charge in [0.05, 0.1) is 37.6 Å². The highest BCUT2D eigenvalue weighted by molar-refractivity contribution is 6.39. The maximum Gasteiger partial charge on any atom is 0.329 e. The van der Waals surface area contributed by atoms with Crippen LogP contribution in [0.25, 0.3) is 0 Å². The minimum atomic E-state index is -2.88. The molecule has 16 heteroatoms. The molecule has 0 aromatic heterocycles. The number of aliphatic hydroxyl groups is 4. The standard InChI is InChI=1S/C53H83NO15/c1-10-66-43-30-39-20-22-46(57)53(63,69-39)50(60)51(61)54-23-15-14-18-40(54)52(62)68-44(35(5)28-38-19-21-42(67-25-24-55)45(29-38)64-8)31-41(56)34(4)27-37(7)48(59)49(65-9)47(58)36(6)26-32(2)16-12-11-13-17-33(43)3/h11-13,16-17,27,32,34-36,38-40,42-46,48-49,55,57,59,63H,10,14-15,18-26,28-31H2,1-9H3/t32-,34+,35+,36+,38-,39-,40-,42+,43-,44+,45+,46+,48+,49-,53+/m0/s1. The highest BCUT2D eigenvalue weighted by Crippen LogP contribution is 2.36. The largest absolute Gasteiger partial charge is 0.460 e. The van der Waals surface area contributed by atoms with Crippen LogP contribution in [0.4, 0.5) is 0 Å². The molecule has 390 valence electrons. The van der Waals surface area contributed by atoms with Gasteiger partial charge in [0.25, 0.3) is 17.5 Å². The summed E-state index contributed by atoms with van der Waals surface area (Å²) in [6.07, 6.45) is 8.72. The molecule has 0 radical (unpaired) electrons. The third-order valence-corrected chi connectivity index (χ3v) is 14.6. The lowest BCUT2D eigenvalue weighted by Crippen LogP contribution is -2.63. The van der Waals surface area contributed by atoms with Crippen molar-refractivity contribution < 1.29 is 72.8 Å². The number of hydrogen-bond donors (Lipinski definition) is 4. The number of allylic oxidation sites excluding steroid dienone is 6. The quantitative estimate of drug-likeness (QED) is 0.124. The summed E-state index contributed by atoms with van der Waals surface area (Å²) in [5.74, 6) is -8.32. The van der Waals surface area contributed by atoms with Crippen LogP contribution in [0.15, 0.2) is 47.6 Å². The maximum absolute atomic E-state index is 14.4. The Morgan fingerprint density at radius 2 is 1.61 bits per heavy atom. The third kappa shape index (κ3) is 16.0. The first-order valence-electron chi connectivity index (χ1n) is 25.3. The van der Waals surface area contributed by atoms with Crippen molar-refractivity contribution in [1.82, 2.24) is 4.90 Å². The minimum Gasteiger partial charge on any atom is -0.460 e. The van der Waals surface area contributed by atoms with Crippen LogP contribution in [0, 0.1) is 29.6 Å². The number of cyclic esters (lactones) is 1. The summed E-state index contributed by atoms with van der Waals surface area (Å²) in [6, 6.07) is -1.23. The molecule has 4 rings (SSSR count). The lowest BCUT2D eigenvalue weighted by atomic mass is 9.78. The Kier molecular flexibility index (Phi) is 23.6. The summed E-state index contributed by atoms with van der Waals surface area (Å²) in [5.41, 5.74) is 1.20. The fraction of sp³-hybridized carbons (Fsp3) is 0.755. The van der Waals surface area contributed by atoms with Gasteiger partial charge in [0.1, 0.15) is 36.2 Å². The fourth-order valence-corrected chi connectivity index (χ4v) is 10.4. The number of esters is 1. The molecule has 16 nitrogen and oxygen atoms in total. The number of piperidine rings is 1. The monoisotopic (exact) mass is 974 g/mol. The van der Waals surface area contributed by atoms with Crippen LogP contribution >= 0.6 is 0 Å². The van der Waals surface area contributed by atoms with E-state index in [1.807, 2.05) is 58.1 Å². The molecule has 0 spiro atoms. The highest BCUT2D eigenvalue weighted by Gasteiger charge is 2.54. The van der Waals surface area contributed by atoms with Crippen LogP contribution in [0.1, 0.15) is 126 Å². The Morgan fingerprint density at radius 1 is 0.870 bits per heavy atom. The van der Waals surface area contributed by atoms with Crippen molar-refractivity contribution in [3.05, 3.63) is 47.6 Å². The van der Waals surface area contributed by atoms with E-state index in [1.165, 1.54) is 7.11 Å². The van der Waals surface area contributed by atoms with E-state index in [0.29, 0.717) is 50.7 Å². The van der Waals surface area contributed by atoms with Gasteiger partial charge in [-0.15, -0.1) is 0 Å². The van der Waals surface area contributed by atoms with Crippen LogP contribution in [0.2, 0.25) is 0 Å². The maximum atomic E-state index is 14.4. The minimum absolute atomic E-state index is 0.00426. The number of hydrogen-bond acceptors (Lipinski definition) is 15. The predicted molar refractivity (Wildman–Crippen MR) is 257 cm³/mol. The van der Waals surface area contributed by atoms with Crippen LogP contribution in [0.3, 0.4) is 0 Å². The zero-order valence-corrected chi connectivity index (χ0v) is 42.6. The lowest BCUT2D eigenvalue weighted by Gasteiger charge is -2.42. The normalized spacial score (nSPS) is 36.3. The first kappa shape index (κ1) is 58.1. The zero-order valence-electron chi connectivity index (χ0n) is 42.6. The molecule has 15 atom stereocenters. The summed E-state index contributed by atoms with van der Waals surface area (Å²) in [5, 5.41) is 43.7. The number of fused-ring (bicyclic) bond motifs is 3. The number of aliphatic hydroxyl groups excluding tert-OH is 3. The van der Waals surface area contributed by atoms with Gasteiger partial charge < -0.3 is 53.7 Å². The molecular formula is C53H83NO15. The summed E-state index contributed by atoms with van der Waals surface area (Å²) in [4.78, 5) is 71.8.